The highest BCUT2D eigenvalue weighted by molar-refractivity contribution is 5.41. The van der Waals surface area contributed by atoms with E-state index in [1.807, 2.05) is 0 Å². The van der Waals surface area contributed by atoms with Crippen molar-refractivity contribution in [1.29, 1.82) is 0 Å². The maximum Gasteiger partial charge on any atom is -0.0102 e. The smallest absolute Gasteiger partial charge is 0.0102 e. The van der Waals surface area contributed by atoms with Gasteiger partial charge in [-0.15, -0.1) is 0 Å². The number of hydrogen-bond acceptors (Lipinski definition) is 0. The number of rotatable bonds is 0. The SMILES string of the molecule is Cc1ccc2c(c1)CCC1C2C(C)CC23C1CCC21CCCC13. The Hall–Kier alpha value is -0.780. The van der Waals surface area contributed by atoms with Gasteiger partial charge < -0.3 is 0 Å². The van der Waals surface area contributed by atoms with Gasteiger partial charge in [-0.05, 0) is 103 Å². The molecule has 23 heavy (non-hydrogen) atoms. The molecule has 1 aromatic carbocycles. The van der Waals surface area contributed by atoms with Crippen LogP contribution in [0.5, 0.6) is 0 Å². The average molecular weight is 306 g/mol. The summed E-state index contributed by atoms with van der Waals surface area (Å²) >= 11 is 0. The number of fused-ring (bicyclic) bond motifs is 4. The molecule has 0 aromatic heterocycles. The highest BCUT2D eigenvalue weighted by atomic mass is 14.9. The van der Waals surface area contributed by atoms with Crippen LogP contribution < -0.4 is 0 Å². The quantitative estimate of drug-likeness (QED) is 0.561. The molecule has 7 unspecified atom stereocenters. The van der Waals surface area contributed by atoms with Crippen LogP contribution in [0.15, 0.2) is 18.2 Å². The minimum absolute atomic E-state index is 0.827. The Balaban J connectivity index is 1.44. The fourth-order valence-corrected chi connectivity index (χ4v) is 9.13. The zero-order chi connectivity index (χ0) is 15.4. The fraction of sp³-hybridized carbons (Fsp3) is 0.739. The Kier molecular flexibility index (Phi) is 2.38. The summed E-state index contributed by atoms with van der Waals surface area (Å²) in [5, 5.41) is 0. The van der Waals surface area contributed by atoms with Gasteiger partial charge in [-0.1, -0.05) is 37.1 Å². The molecule has 4 saturated carbocycles. The maximum absolute atomic E-state index is 2.61. The molecule has 5 aliphatic rings. The van der Waals surface area contributed by atoms with Crippen LogP contribution in [-0.4, -0.2) is 0 Å². The van der Waals surface area contributed by atoms with E-state index in [2.05, 4.69) is 32.0 Å². The van der Waals surface area contributed by atoms with Crippen LogP contribution in [-0.2, 0) is 6.42 Å². The second kappa shape index (κ2) is 4.06. The summed E-state index contributed by atoms with van der Waals surface area (Å²) in [5.74, 6) is 5.05. The first-order valence-corrected chi connectivity index (χ1v) is 10.3. The highest BCUT2D eigenvalue weighted by Crippen LogP contribution is 2.90. The summed E-state index contributed by atoms with van der Waals surface area (Å²) in [6.45, 7) is 4.87. The molecule has 4 fully saturated rings. The van der Waals surface area contributed by atoms with E-state index < -0.39 is 0 Å². The highest BCUT2D eigenvalue weighted by Gasteiger charge is 2.83. The van der Waals surface area contributed by atoms with Crippen LogP contribution >= 0.6 is 0 Å². The molecule has 0 saturated heterocycles. The lowest BCUT2D eigenvalue weighted by molar-refractivity contribution is 0.0422. The van der Waals surface area contributed by atoms with Crippen LogP contribution in [0.2, 0.25) is 0 Å². The lowest BCUT2D eigenvalue weighted by Crippen LogP contribution is -2.42. The third-order valence-corrected chi connectivity index (χ3v) is 9.47. The van der Waals surface area contributed by atoms with Crippen molar-refractivity contribution in [1.82, 2.24) is 0 Å². The largest absolute Gasteiger partial charge is 0.0619 e. The van der Waals surface area contributed by atoms with Crippen molar-refractivity contribution in [3.05, 3.63) is 34.9 Å². The first-order valence-electron chi connectivity index (χ1n) is 10.3. The predicted octanol–water partition coefficient (Wildman–Crippen LogP) is 5.88. The molecule has 0 bridgehead atoms. The molecule has 6 rings (SSSR count). The van der Waals surface area contributed by atoms with Gasteiger partial charge in [0.15, 0.2) is 0 Å². The minimum Gasteiger partial charge on any atom is -0.0619 e. The van der Waals surface area contributed by atoms with Crippen molar-refractivity contribution in [3.8, 4) is 0 Å². The average Bonchev–Trinajstić information content (AvgIpc) is 2.90. The third-order valence-electron chi connectivity index (χ3n) is 9.47. The van der Waals surface area contributed by atoms with Gasteiger partial charge >= 0.3 is 0 Å². The molecule has 7 atom stereocenters. The number of benzene rings is 1. The van der Waals surface area contributed by atoms with Crippen molar-refractivity contribution >= 4 is 0 Å². The van der Waals surface area contributed by atoms with E-state index in [0.29, 0.717) is 0 Å². The summed E-state index contributed by atoms with van der Waals surface area (Å²) in [7, 11) is 0. The molecular formula is C23H30. The predicted molar refractivity (Wildman–Crippen MR) is 94.4 cm³/mol. The molecule has 0 heteroatoms. The zero-order valence-electron chi connectivity index (χ0n) is 14.8. The Morgan fingerprint density at radius 1 is 1.09 bits per heavy atom. The van der Waals surface area contributed by atoms with Gasteiger partial charge in [-0.2, -0.15) is 0 Å². The number of aryl methyl sites for hydroxylation is 2. The van der Waals surface area contributed by atoms with Gasteiger partial charge in [0.1, 0.15) is 0 Å². The first kappa shape index (κ1) is 13.5. The Bertz CT molecular complexity index is 687. The van der Waals surface area contributed by atoms with E-state index in [-0.39, 0.29) is 0 Å². The van der Waals surface area contributed by atoms with Crippen molar-refractivity contribution in [2.24, 2.45) is 34.5 Å². The monoisotopic (exact) mass is 306 g/mol. The van der Waals surface area contributed by atoms with Gasteiger partial charge in [-0.25, -0.2) is 0 Å². The van der Waals surface area contributed by atoms with Crippen LogP contribution in [0, 0.1) is 41.4 Å². The molecule has 0 nitrogen and oxygen atoms in total. The van der Waals surface area contributed by atoms with E-state index in [4.69, 9.17) is 0 Å². The lowest BCUT2D eigenvalue weighted by Gasteiger charge is -2.50. The molecule has 0 aliphatic heterocycles. The Morgan fingerprint density at radius 2 is 2.00 bits per heavy atom. The molecule has 5 aliphatic carbocycles. The molecule has 122 valence electrons. The normalized spacial score (nSPS) is 52.2. The molecule has 0 heterocycles. The number of hydrogen-bond donors (Lipinski definition) is 0. The summed E-state index contributed by atoms with van der Waals surface area (Å²) in [5.41, 5.74) is 6.58. The molecule has 2 spiro atoms. The van der Waals surface area contributed by atoms with Crippen molar-refractivity contribution in [2.45, 2.75) is 71.1 Å². The summed E-state index contributed by atoms with van der Waals surface area (Å²) < 4.78 is 0. The third kappa shape index (κ3) is 1.35. The molecule has 1 aromatic rings. The second-order valence-electron chi connectivity index (χ2n) is 9.90. The van der Waals surface area contributed by atoms with Gasteiger partial charge in [0, 0.05) is 0 Å². The minimum atomic E-state index is 0.827. The van der Waals surface area contributed by atoms with Crippen LogP contribution in [0.3, 0.4) is 0 Å². The van der Waals surface area contributed by atoms with Crippen LogP contribution in [0.25, 0.3) is 0 Å². The van der Waals surface area contributed by atoms with Crippen LogP contribution in [0.4, 0.5) is 0 Å². The van der Waals surface area contributed by atoms with Crippen molar-refractivity contribution in [2.75, 3.05) is 0 Å². The van der Waals surface area contributed by atoms with Crippen LogP contribution in [0.1, 0.15) is 74.5 Å². The topological polar surface area (TPSA) is 0 Å². The van der Waals surface area contributed by atoms with E-state index in [1.165, 1.54) is 18.4 Å². The van der Waals surface area contributed by atoms with Gasteiger partial charge in [0.25, 0.3) is 0 Å². The van der Waals surface area contributed by atoms with Gasteiger partial charge in [0.2, 0.25) is 0 Å². The van der Waals surface area contributed by atoms with Crippen molar-refractivity contribution < 1.29 is 0 Å². The standard InChI is InChI=1S/C23H30/c1-14-5-7-17-16(12-14)6-8-18-19-9-11-22-10-3-4-20(22)23(19,22)13-15(2)21(17)18/h5,7,12,15,18-21H,3-4,6,8-11,13H2,1-2H3. The summed E-state index contributed by atoms with van der Waals surface area (Å²) in [6.07, 6.45) is 12.3. The summed E-state index contributed by atoms with van der Waals surface area (Å²) in [6, 6.07) is 7.37. The lowest BCUT2D eigenvalue weighted by atomic mass is 9.54. The zero-order valence-corrected chi connectivity index (χ0v) is 14.8. The van der Waals surface area contributed by atoms with Gasteiger partial charge in [-0.3, -0.25) is 0 Å². The molecule has 0 N–H and O–H groups in total. The fourth-order valence-electron chi connectivity index (χ4n) is 9.13. The molecule has 0 radical (unpaired) electrons. The first-order chi connectivity index (χ1) is 11.2. The molecular weight excluding hydrogens is 276 g/mol. The molecule has 0 amide bonds. The maximum atomic E-state index is 2.61. The second-order valence-corrected chi connectivity index (χ2v) is 9.90. The van der Waals surface area contributed by atoms with E-state index in [0.717, 1.165) is 40.4 Å². The summed E-state index contributed by atoms with van der Waals surface area (Å²) in [4.78, 5) is 0. The van der Waals surface area contributed by atoms with E-state index >= 15 is 0 Å². The Labute approximate surface area is 141 Å². The van der Waals surface area contributed by atoms with E-state index in [1.54, 1.807) is 49.7 Å². The Morgan fingerprint density at radius 3 is 2.87 bits per heavy atom. The van der Waals surface area contributed by atoms with Gasteiger partial charge in [0.05, 0.1) is 0 Å². The van der Waals surface area contributed by atoms with E-state index in [9.17, 15) is 0 Å². The van der Waals surface area contributed by atoms with Crippen molar-refractivity contribution in [3.63, 3.8) is 0 Å².